The minimum Gasteiger partial charge on any atom is -0.462 e. The number of phosphoric acid groups is 2. The Kier molecular flexibility index (Phi) is 70.6. The Bertz CT molecular complexity index is 1990. The first-order valence-electron chi connectivity index (χ1n) is 42.7. The topological polar surface area (TPSA) is 237 Å². The van der Waals surface area contributed by atoms with Crippen LogP contribution in [0.5, 0.6) is 0 Å². The fourth-order valence-electron chi connectivity index (χ4n) is 12.8. The largest absolute Gasteiger partial charge is 0.472 e. The Morgan fingerprint density at radius 3 is 0.696 bits per heavy atom. The number of hydrogen-bond donors (Lipinski definition) is 3. The molecule has 3 N–H and O–H groups in total. The summed E-state index contributed by atoms with van der Waals surface area (Å²) in [5.74, 6) is 0.995. The van der Waals surface area contributed by atoms with Crippen molar-refractivity contribution in [3.05, 3.63) is 0 Å². The van der Waals surface area contributed by atoms with Gasteiger partial charge < -0.3 is 33.8 Å². The van der Waals surface area contributed by atoms with Crippen molar-refractivity contribution in [3.63, 3.8) is 0 Å². The molecule has 0 aromatic heterocycles. The van der Waals surface area contributed by atoms with Crippen molar-refractivity contribution in [1.82, 2.24) is 0 Å². The van der Waals surface area contributed by atoms with E-state index in [2.05, 4.69) is 55.4 Å². The molecule has 19 heteroatoms. The van der Waals surface area contributed by atoms with Crippen LogP contribution in [-0.2, 0) is 65.4 Å². The molecule has 0 spiro atoms. The van der Waals surface area contributed by atoms with E-state index >= 15 is 0 Å². The SMILES string of the molecule is CCC(C)CCCCCCCCC(=O)OC[C@H](COP(=O)(O)OC[C@H](O)COP(=O)(O)OC[C@@H](COC(=O)CCCCCCCCCCCCCCCCCCCCC(C)C)OC(=O)CCCCCCCCCCCCCCCCCC(C)C)OC(=O)CCCCCCCCCCCCC(C)C. The van der Waals surface area contributed by atoms with Gasteiger partial charge in [0, 0.05) is 25.7 Å². The first kappa shape index (κ1) is 100. The summed E-state index contributed by atoms with van der Waals surface area (Å²) in [6.07, 6.45) is 59.8. The van der Waals surface area contributed by atoms with Crippen LogP contribution in [-0.4, -0.2) is 96.7 Å². The number of aliphatic hydroxyl groups excluding tert-OH is 1. The molecule has 0 bridgehead atoms. The maximum atomic E-state index is 13.1. The second kappa shape index (κ2) is 72.0. The minimum atomic E-state index is -4.96. The lowest BCUT2D eigenvalue weighted by molar-refractivity contribution is -0.161. The van der Waals surface area contributed by atoms with Crippen LogP contribution in [0.3, 0.4) is 0 Å². The Balaban J connectivity index is 5.22. The van der Waals surface area contributed by atoms with E-state index in [0.717, 1.165) is 120 Å². The molecule has 0 aromatic carbocycles. The van der Waals surface area contributed by atoms with Crippen LogP contribution in [0.4, 0.5) is 0 Å². The molecule has 0 heterocycles. The summed E-state index contributed by atoms with van der Waals surface area (Å²) in [7, 11) is -9.92. The second-order valence-electron chi connectivity index (χ2n) is 31.5. The van der Waals surface area contributed by atoms with Gasteiger partial charge in [-0.2, -0.15) is 0 Å². The van der Waals surface area contributed by atoms with Crippen molar-refractivity contribution in [2.45, 2.75) is 446 Å². The van der Waals surface area contributed by atoms with Crippen LogP contribution >= 0.6 is 15.6 Å². The maximum Gasteiger partial charge on any atom is 0.472 e. The quantitative estimate of drug-likeness (QED) is 0.0222. The van der Waals surface area contributed by atoms with Crippen molar-refractivity contribution >= 4 is 39.5 Å². The number of carbonyl (C=O) groups is 4. The number of unbranched alkanes of at least 4 members (excludes halogenated alkanes) is 45. The number of rotatable bonds is 80. The van der Waals surface area contributed by atoms with Gasteiger partial charge in [0.15, 0.2) is 12.2 Å². The fraction of sp³-hybridized carbons (Fsp3) is 0.952. The zero-order valence-electron chi connectivity index (χ0n) is 67.2. The van der Waals surface area contributed by atoms with Gasteiger partial charge in [-0.25, -0.2) is 9.13 Å². The lowest BCUT2D eigenvalue weighted by atomic mass is 10.00. The van der Waals surface area contributed by atoms with E-state index in [1.165, 1.54) is 225 Å². The lowest BCUT2D eigenvalue weighted by Crippen LogP contribution is -2.30. The highest BCUT2D eigenvalue weighted by Crippen LogP contribution is 2.45. The van der Waals surface area contributed by atoms with Crippen molar-refractivity contribution in [3.8, 4) is 0 Å². The summed E-state index contributed by atoms with van der Waals surface area (Å²) >= 11 is 0. The Labute approximate surface area is 626 Å². The van der Waals surface area contributed by atoms with E-state index in [0.29, 0.717) is 25.7 Å². The minimum absolute atomic E-state index is 0.105. The summed E-state index contributed by atoms with van der Waals surface area (Å²) in [4.78, 5) is 73.1. The molecule has 0 aromatic rings. The summed E-state index contributed by atoms with van der Waals surface area (Å²) < 4.78 is 68.8. The van der Waals surface area contributed by atoms with E-state index in [1.807, 2.05) is 0 Å². The van der Waals surface area contributed by atoms with Crippen molar-refractivity contribution < 1.29 is 80.2 Å². The molecule has 0 aliphatic carbocycles. The third-order valence-corrected chi connectivity index (χ3v) is 21.6. The number of esters is 4. The number of carbonyl (C=O) groups excluding carboxylic acids is 4. The molecule has 0 aliphatic rings. The molecule has 0 saturated heterocycles. The van der Waals surface area contributed by atoms with Crippen LogP contribution in [0.1, 0.15) is 428 Å². The van der Waals surface area contributed by atoms with Gasteiger partial charge in [0.05, 0.1) is 26.4 Å². The van der Waals surface area contributed by atoms with Gasteiger partial charge >= 0.3 is 39.5 Å². The van der Waals surface area contributed by atoms with E-state index in [4.69, 9.17) is 37.0 Å². The van der Waals surface area contributed by atoms with Crippen LogP contribution in [0.2, 0.25) is 0 Å². The first-order chi connectivity index (χ1) is 49.1. The Morgan fingerprint density at radius 1 is 0.275 bits per heavy atom. The number of phosphoric ester groups is 2. The highest BCUT2D eigenvalue weighted by atomic mass is 31.2. The first-order valence-corrected chi connectivity index (χ1v) is 45.7. The summed E-state index contributed by atoms with van der Waals surface area (Å²) in [6, 6.07) is 0. The smallest absolute Gasteiger partial charge is 0.462 e. The molecule has 102 heavy (non-hydrogen) atoms. The van der Waals surface area contributed by atoms with E-state index in [9.17, 15) is 43.2 Å². The lowest BCUT2D eigenvalue weighted by Gasteiger charge is -2.21. The summed E-state index contributed by atoms with van der Waals surface area (Å²) in [5, 5.41) is 10.6. The van der Waals surface area contributed by atoms with Crippen LogP contribution < -0.4 is 0 Å². The standard InChI is InChI=1S/C83H162O17P2/c1-9-76(8)62-54-46-41-42-48-56-64-81(86)94-70-79(100-83(88)66-58-50-40-34-28-27-31-37-45-53-61-75(6)7)72-98-102(91,92)96-68-77(84)67-95-101(89,90)97-71-78(99-82(87)65-57-49-39-33-26-22-18-14-16-20-24-30-36-44-52-60-74(4)5)69-93-80(85)63-55-47-38-32-25-21-17-13-11-10-12-15-19-23-29-35-43-51-59-73(2)3/h73-79,84H,9-72H2,1-8H3,(H,89,90)(H,91,92)/t76?,77-,78-,79-/m1/s1. The molecule has 17 nitrogen and oxygen atoms in total. The van der Waals surface area contributed by atoms with E-state index in [-0.39, 0.29) is 25.7 Å². The van der Waals surface area contributed by atoms with Crippen molar-refractivity contribution in [2.75, 3.05) is 39.6 Å². The average Bonchev–Trinajstić information content (AvgIpc) is 0.918. The van der Waals surface area contributed by atoms with Crippen LogP contribution in [0, 0.1) is 23.7 Å². The normalized spacial score (nSPS) is 14.3. The van der Waals surface area contributed by atoms with Crippen molar-refractivity contribution in [1.29, 1.82) is 0 Å². The third kappa shape index (κ3) is 74.9. The molecule has 0 rings (SSSR count). The fourth-order valence-corrected chi connectivity index (χ4v) is 14.3. The van der Waals surface area contributed by atoms with Gasteiger partial charge in [-0.15, -0.1) is 0 Å². The number of aliphatic hydroxyl groups is 1. The molecule has 0 aliphatic heterocycles. The van der Waals surface area contributed by atoms with Gasteiger partial charge in [0.1, 0.15) is 19.3 Å². The van der Waals surface area contributed by atoms with Gasteiger partial charge in [0.2, 0.25) is 0 Å². The van der Waals surface area contributed by atoms with Crippen molar-refractivity contribution in [2.24, 2.45) is 23.7 Å². The van der Waals surface area contributed by atoms with Gasteiger partial charge in [0.25, 0.3) is 0 Å². The average molecular weight is 1490 g/mol. The Hall–Kier alpha value is -1.94. The highest BCUT2D eigenvalue weighted by molar-refractivity contribution is 7.47. The zero-order chi connectivity index (χ0) is 75.3. The van der Waals surface area contributed by atoms with E-state index < -0.39 is 97.5 Å². The Morgan fingerprint density at radius 2 is 0.471 bits per heavy atom. The van der Waals surface area contributed by atoms with Gasteiger partial charge in [-0.1, -0.05) is 376 Å². The molecule has 606 valence electrons. The van der Waals surface area contributed by atoms with E-state index in [1.54, 1.807) is 0 Å². The van der Waals surface area contributed by atoms with Crippen LogP contribution in [0.25, 0.3) is 0 Å². The molecule has 0 fully saturated rings. The molecule has 0 amide bonds. The molecule has 6 atom stereocenters. The summed E-state index contributed by atoms with van der Waals surface area (Å²) in [6.45, 7) is 14.3. The predicted octanol–water partition coefficient (Wildman–Crippen LogP) is 24.8. The second-order valence-corrected chi connectivity index (χ2v) is 34.4. The predicted molar refractivity (Wildman–Crippen MR) is 418 cm³/mol. The molecular weight excluding hydrogens is 1330 g/mol. The summed E-state index contributed by atoms with van der Waals surface area (Å²) in [5.41, 5.74) is 0. The highest BCUT2D eigenvalue weighted by Gasteiger charge is 2.30. The monoisotopic (exact) mass is 1490 g/mol. The van der Waals surface area contributed by atoms with Crippen LogP contribution in [0.15, 0.2) is 0 Å². The maximum absolute atomic E-state index is 13.1. The molecular formula is C83H162O17P2. The molecule has 0 radical (unpaired) electrons. The third-order valence-electron chi connectivity index (χ3n) is 19.7. The zero-order valence-corrected chi connectivity index (χ0v) is 69.0. The number of hydrogen-bond acceptors (Lipinski definition) is 15. The number of ether oxygens (including phenoxy) is 4. The molecule has 3 unspecified atom stereocenters. The van der Waals surface area contributed by atoms with Gasteiger partial charge in [-0.05, 0) is 49.4 Å². The van der Waals surface area contributed by atoms with Gasteiger partial charge in [-0.3, -0.25) is 37.3 Å². The molecule has 0 saturated carbocycles.